The van der Waals surface area contributed by atoms with Crippen LogP contribution in [-0.2, 0) is 10.0 Å². The quantitative estimate of drug-likeness (QED) is 0.841. The monoisotopic (exact) mass is 347 g/mol. The fraction of sp³-hybridized carbons (Fsp3) is 0.643. The van der Waals surface area contributed by atoms with Gasteiger partial charge < -0.3 is 4.90 Å². The van der Waals surface area contributed by atoms with Gasteiger partial charge in [0.15, 0.2) is 5.82 Å². The van der Waals surface area contributed by atoms with Crippen LogP contribution in [0.25, 0.3) is 0 Å². The largest absolute Gasteiger partial charge is 0.368 e. The number of hydrogen-bond acceptors (Lipinski definition) is 4. The average Bonchev–Trinajstić information content (AvgIpc) is 3.02. The molecule has 122 valence electrons. The molecule has 2 fully saturated rings. The number of piperidine rings is 1. The average molecular weight is 348 g/mol. The molecule has 3 rings (SSSR count). The molecule has 1 aromatic rings. The zero-order valence-electron chi connectivity index (χ0n) is 12.2. The van der Waals surface area contributed by atoms with Crippen molar-refractivity contribution in [1.29, 1.82) is 0 Å². The van der Waals surface area contributed by atoms with E-state index < -0.39 is 15.8 Å². The summed E-state index contributed by atoms with van der Waals surface area (Å²) in [4.78, 5) is 5.52. The molecule has 0 aliphatic carbocycles. The Hall–Kier alpha value is -0.920. The summed E-state index contributed by atoms with van der Waals surface area (Å²) in [6.07, 6.45) is 5.42. The lowest BCUT2D eigenvalue weighted by Crippen LogP contribution is -2.44. The fourth-order valence-corrected chi connectivity index (χ4v) is 5.50. The van der Waals surface area contributed by atoms with Gasteiger partial charge in [-0.1, -0.05) is 11.6 Å². The molecule has 0 aromatic carbocycles. The Labute approximate surface area is 135 Å². The van der Waals surface area contributed by atoms with Gasteiger partial charge in [-0.25, -0.2) is 17.1 Å². The third-order valence-corrected chi connectivity index (χ3v) is 7.11. The Balaban J connectivity index is 1.70. The second-order valence-corrected chi connectivity index (χ2v) is 8.41. The molecule has 0 saturated carbocycles. The number of nitrogens with zero attached hydrogens (tertiary/aromatic N) is 3. The summed E-state index contributed by atoms with van der Waals surface area (Å²) >= 11 is 6.02. The number of rotatable bonds is 3. The van der Waals surface area contributed by atoms with Gasteiger partial charge in [0.1, 0.15) is 0 Å². The van der Waals surface area contributed by atoms with Crippen LogP contribution in [0, 0.1) is 5.82 Å². The lowest BCUT2D eigenvalue weighted by Gasteiger charge is -2.35. The first-order valence-corrected chi connectivity index (χ1v) is 9.41. The van der Waals surface area contributed by atoms with Gasteiger partial charge in [0, 0.05) is 32.4 Å². The van der Waals surface area contributed by atoms with E-state index in [-0.39, 0.29) is 10.3 Å². The van der Waals surface area contributed by atoms with Crippen molar-refractivity contribution < 1.29 is 12.8 Å². The van der Waals surface area contributed by atoms with Gasteiger partial charge in [-0.05, 0) is 25.7 Å². The van der Waals surface area contributed by atoms with Crippen LogP contribution in [0.1, 0.15) is 25.7 Å². The van der Waals surface area contributed by atoms with E-state index in [0.717, 1.165) is 19.0 Å². The van der Waals surface area contributed by atoms with Crippen LogP contribution in [0.15, 0.2) is 12.4 Å². The van der Waals surface area contributed by atoms with Gasteiger partial charge in [-0.15, -0.1) is 0 Å². The highest BCUT2D eigenvalue weighted by atomic mass is 35.5. The standard InChI is InChI=1S/C14H19ClFN3O2S/c15-12-9-17-10-13(16)14(12)18-7-3-11(4-8-18)22(20,21)19-5-1-2-6-19/h9-11H,1-8H2. The molecule has 0 atom stereocenters. The van der Waals surface area contributed by atoms with Crippen LogP contribution >= 0.6 is 11.6 Å². The van der Waals surface area contributed by atoms with E-state index in [1.165, 1.54) is 6.20 Å². The Bertz CT molecular complexity index is 621. The molecule has 0 bridgehead atoms. The third kappa shape index (κ3) is 2.94. The molecule has 2 saturated heterocycles. The van der Waals surface area contributed by atoms with Gasteiger partial charge in [0.05, 0.1) is 22.2 Å². The SMILES string of the molecule is O=S(=O)(C1CCN(c2c(F)cncc2Cl)CC1)N1CCCC1. The summed E-state index contributed by atoms with van der Waals surface area (Å²) in [5.74, 6) is -0.464. The van der Waals surface area contributed by atoms with E-state index in [9.17, 15) is 12.8 Å². The van der Waals surface area contributed by atoms with Gasteiger partial charge in [-0.2, -0.15) is 0 Å². The minimum absolute atomic E-state index is 0.265. The normalized spacial score (nSPS) is 21.5. The Morgan fingerprint density at radius 3 is 2.36 bits per heavy atom. The summed E-state index contributed by atoms with van der Waals surface area (Å²) < 4.78 is 40.6. The first-order chi connectivity index (χ1) is 10.5. The Morgan fingerprint density at radius 1 is 1.14 bits per heavy atom. The fourth-order valence-electron chi connectivity index (χ4n) is 3.24. The van der Waals surface area contributed by atoms with E-state index in [1.54, 1.807) is 4.31 Å². The van der Waals surface area contributed by atoms with Crippen LogP contribution in [0.5, 0.6) is 0 Å². The molecule has 0 unspecified atom stereocenters. The molecular formula is C14H19ClFN3O2S. The molecule has 0 spiro atoms. The highest BCUT2D eigenvalue weighted by molar-refractivity contribution is 7.89. The van der Waals surface area contributed by atoms with Gasteiger partial charge in [0.2, 0.25) is 10.0 Å². The third-order valence-electron chi connectivity index (χ3n) is 4.43. The van der Waals surface area contributed by atoms with Crippen molar-refractivity contribution in [2.24, 2.45) is 0 Å². The maximum absolute atomic E-state index is 13.9. The molecule has 2 aliphatic heterocycles. The summed E-state index contributed by atoms with van der Waals surface area (Å²) in [6.45, 7) is 2.23. The minimum Gasteiger partial charge on any atom is -0.368 e. The number of pyridine rings is 1. The molecule has 3 heterocycles. The highest BCUT2D eigenvalue weighted by Crippen LogP contribution is 2.32. The number of anilines is 1. The number of halogens is 2. The van der Waals surface area contributed by atoms with Crippen molar-refractivity contribution in [3.05, 3.63) is 23.2 Å². The van der Waals surface area contributed by atoms with Crippen LogP contribution in [-0.4, -0.2) is 49.1 Å². The van der Waals surface area contributed by atoms with Crippen molar-refractivity contribution >= 4 is 27.3 Å². The van der Waals surface area contributed by atoms with Crippen molar-refractivity contribution in [1.82, 2.24) is 9.29 Å². The van der Waals surface area contributed by atoms with Crippen LogP contribution < -0.4 is 4.90 Å². The van der Waals surface area contributed by atoms with E-state index in [2.05, 4.69) is 4.98 Å². The topological polar surface area (TPSA) is 53.5 Å². The Morgan fingerprint density at radius 2 is 1.77 bits per heavy atom. The summed E-state index contributed by atoms with van der Waals surface area (Å²) in [7, 11) is -3.22. The van der Waals surface area contributed by atoms with Gasteiger partial charge >= 0.3 is 0 Å². The van der Waals surface area contributed by atoms with E-state index in [1.807, 2.05) is 4.90 Å². The molecule has 0 radical (unpaired) electrons. The van der Waals surface area contributed by atoms with E-state index in [0.29, 0.717) is 44.7 Å². The predicted octanol–water partition coefficient (Wildman–Crippen LogP) is 2.27. The van der Waals surface area contributed by atoms with Crippen LogP contribution in [0.2, 0.25) is 5.02 Å². The molecule has 1 aromatic heterocycles. The van der Waals surface area contributed by atoms with Crippen molar-refractivity contribution in [3.63, 3.8) is 0 Å². The molecule has 8 heteroatoms. The molecular weight excluding hydrogens is 329 g/mol. The van der Waals surface area contributed by atoms with Crippen molar-refractivity contribution in [2.75, 3.05) is 31.1 Å². The maximum Gasteiger partial charge on any atom is 0.217 e. The maximum atomic E-state index is 13.9. The molecule has 5 nitrogen and oxygen atoms in total. The lowest BCUT2D eigenvalue weighted by atomic mass is 10.1. The van der Waals surface area contributed by atoms with E-state index >= 15 is 0 Å². The first kappa shape index (κ1) is 16.0. The smallest absolute Gasteiger partial charge is 0.217 e. The predicted molar refractivity (Wildman–Crippen MR) is 84.2 cm³/mol. The zero-order valence-corrected chi connectivity index (χ0v) is 13.8. The molecule has 0 amide bonds. The van der Waals surface area contributed by atoms with Gasteiger partial charge in [-0.3, -0.25) is 4.98 Å². The number of hydrogen-bond donors (Lipinski definition) is 0. The minimum atomic E-state index is -3.22. The van der Waals surface area contributed by atoms with Crippen LogP contribution in [0.4, 0.5) is 10.1 Å². The second kappa shape index (κ2) is 6.29. The summed E-state index contributed by atoms with van der Waals surface area (Å²) in [5, 5.41) is -0.105. The Kier molecular flexibility index (Phi) is 4.56. The lowest BCUT2D eigenvalue weighted by molar-refractivity contribution is 0.445. The van der Waals surface area contributed by atoms with Crippen molar-refractivity contribution in [2.45, 2.75) is 30.9 Å². The number of sulfonamides is 1. The molecule has 0 N–H and O–H groups in total. The highest BCUT2D eigenvalue weighted by Gasteiger charge is 2.36. The van der Waals surface area contributed by atoms with Gasteiger partial charge in [0.25, 0.3) is 0 Å². The summed E-state index contributed by atoms with van der Waals surface area (Å²) in [6, 6.07) is 0. The summed E-state index contributed by atoms with van der Waals surface area (Å²) in [5.41, 5.74) is 0.327. The molecule has 2 aliphatic rings. The second-order valence-electron chi connectivity index (χ2n) is 5.79. The van der Waals surface area contributed by atoms with Crippen LogP contribution in [0.3, 0.4) is 0 Å². The van der Waals surface area contributed by atoms with E-state index in [4.69, 9.17) is 11.6 Å². The van der Waals surface area contributed by atoms with Crippen molar-refractivity contribution in [3.8, 4) is 0 Å². The number of aromatic nitrogens is 1. The zero-order chi connectivity index (χ0) is 15.7. The molecule has 22 heavy (non-hydrogen) atoms. The first-order valence-electron chi connectivity index (χ1n) is 7.53.